The van der Waals surface area contributed by atoms with E-state index in [2.05, 4.69) is 15.1 Å². The van der Waals surface area contributed by atoms with Gasteiger partial charge in [-0.3, -0.25) is 14.5 Å². The minimum absolute atomic E-state index is 0.0612. The zero-order chi connectivity index (χ0) is 19.7. The van der Waals surface area contributed by atoms with Crippen LogP contribution >= 0.6 is 35.2 Å². The van der Waals surface area contributed by atoms with Crippen molar-refractivity contribution in [2.24, 2.45) is 0 Å². The summed E-state index contributed by atoms with van der Waals surface area (Å²) in [6.45, 7) is 4.80. The van der Waals surface area contributed by atoms with Gasteiger partial charge in [0.1, 0.15) is 6.04 Å². The van der Waals surface area contributed by atoms with Crippen LogP contribution in [0.3, 0.4) is 0 Å². The molecular weight excluding hydrogens is 414 g/mol. The average molecular weight is 434 g/mol. The number of nitrogens with zero attached hydrogens (tertiary/aromatic N) is 4. The molecule has 1 saturated heterocycles. The van der Waals surface area contributed by atoms with Crippen LogP contribution in [-0.4, -0.2) is 51.8 Å². The number of carbonyl (C=O) groups is 1. The molecule has 9 heteroatoms. The molecule has 3 heterocycles. The van der Waals surface area contributed by atoms with Crippen LogP contribution in [0, 0.1) is 4.77 Å². The molecular formula is C19H20ClN5OS2. The quantitative estimate of drug-likeness (QED) is 0.625. The Morgan fingerprint density at radius 2 is 1.93 bits per heavy atom. The van der Waals surface area contributed by atoms with E-state index in [0.29, 0.717) is 23.7 Å². The number of benzene rings is 1. The zero-order valence-electron chi connectivity index (χ0n) is 15.3. The number of halogens is 1. The van der Waals surface area contributed by atoms with Gasteiger partial charge in [-0.25, -0.2) is 0 Å². The standard InChI is InChI=1S/C19H20ClN5OS2/c1-13(25-17(21-22-19(25)27)16-3-2-12-28-16)18(26)24-10-8-23(9-11-24)15-6-4-14(20)5-7-15/h2-7,12-13H,8-11H2,1H3,(H,22,27). The highest BCUT2D eigenvalue weighted by Crippen LogP contribution is 2.27. The lowest BCUT2D eigenvalue weighted by atomic mass is 10.2. The monoisotopic (exact) mass is 433 g/mol. The normalized spacial score (nSPS) is 15.6. The third-order valence-electron chi connectivity index (χ3n) is 4.97. The zero-order valence-corrected chi connectivity index (χ0v) is 17.7. The highest BCUT2D eigenvalue weighted by Gasteiger charge is 2.28. The summed E-state index contributed by atoms with van der Waals surface area (Å²) in [5.41, 5.74) is 1.13. The fourth-order valence-corrected chi connectivity index (χ4v) is 4.58. The second-order valence-corrected chi connectivity index (χ2v) is 8.44. The number of piperazine rings is 1. The average Bonchev–Trinajstić information content (AvgIpc) is 3.37. The number of aromatic nitrogens is 3. The fraction of sp³-hybridized carbons (Fsp3) is 0.316. The third kappa shape index (κ3) is 3.72. The molecule has 0 spiro atoms. The van der Waals surface area contributed by atoms with Gasteiger partial charge in [0.25, 0.3) is 0 Å². The summed E-state index contributed by atoms with van der Waals surface area (Å²) in [5, 5.41) is 9.87. The molecule has 1 aliphatic heterocycles. The smallest absolute Gasteiger partial charge is 0.245 e. The first-order chi connectivity index (χ1) is 13.5. The van der Waals surface area contributed by atoms with Crippen molar-refractivity contribution in [3.05, 3.63) is 51.6 Å². The van der Waals surface area contributed by atoms with Crippen LogP contribution in [-0.2, 0) is 4.79 Å². The summed E-state index contributed by atoms with van der Waals surface area (Å²) < 4.78 is 2.28. The van der Waals surface area contributed by atoms with Crippen molar-refractivity contribution in [1.29, 1.82) is 0 Å². The molecule has 2 aromatic heterocycles. The molecule has 1 aliphatic rings. The molecule has 1 fully saturated rings. The third-order valence-corrected chi connectivity index (χ3v) is 6.38. The van der Waals surface area contributed by atoms with Crippen LogP contribution in [0.5, 0.6) is 0 Å². The Kier molecular flexibility index (Phi) is 5.52. The van der Waals surface area contributed by atoms with Crippen LogP contribution in [0.15, 0.2) is 41.8 Å². The first kappa shape index (κ1) is 19.2. The number of rotatable bonds is 4. The Labute approximate surface area is 177 Å². The largest absolute Gasteiger partial charge is 0.368 e. The van der Waals surface area contributed by atoms with Gasteiger partial charge in [-0.1, -0.05) is 17.7 Å². The molecule has 1 amide bonds. The Hall–Kier alpha value is -2.16. The lowest BCUT2D eigenvalue weighted by molar-refractivity contribution is -0.134. The van der Waals surface area contributed by atoms with Crippen molar-refractivity contribution >= 4 is 46.8 Å². The van der Waals surface area contributed by atoms with E-state index in [0.717, 1.165) is 28.7 Å². The summed E-state index contributed by atoms with van der Waals surface area (Å²) in [7, 11) is 0. The molecule has 0 radical (unpaired) electrons. The van der Waals surface area contributed by atoms with Gasteiger partial charge in [0.2, 0.25) is 5.91 Å². The first-order valence-electron chi connectivity index (χ1n) is 9.04. The van der Waals surface area contributed by atoms with Gasteiger partial charge in [0, 0.05) is 36.9 Å². The Morgan fingerprint density at radius 3 is 2.57 bits per heavy atom. The molecule has 146 valence electrons. The Morgan fingerprint density at radius 1 is 1.21 bits per heavy atom. The molecule has 28 heavy (non-hydrogen) atoms. The van der Waals surface area contributed by atoms with Gasteiger partial charge in [0.05, 0.1) is 4.88 Å². The molecule has 1 N–H and O–H groups in total. The summed E-state index contributed by atoms with van der Waals surface area (Å²) in [6, 6.07) is 11.3. The number of carbonyl (C=O) groups excluding carboxylic acids is 1. The van der Waals surface area contributed by atoms with Crippen molar-refractivity contribution in [3.8, 4) is 10.7 Å². The molecule has 1 atom stereocenters. The van der Waals surface area contributed by atoms with Gasteiger partial charge in [-0.05, 0) is 54.9 Å². The number of thiophene rings is 1. The van der Waals surface area contributed by atoms with E-state index in [-0.39, 0.29) is 5.91 Å². The van der Waals surface area contributed by atoms with E-state index in [4.69, 9.17) is 23.8 Å². The predicted molar refractivity (Wildman–Crippen MR) is 116 cm³/mol. The Balaban J connectivity index is 1.47. The predicted octanol–water partition coefficient (Wildman–Crippen LogP) is 4.23. The lowest BCUT2D eigenvalue weighted by Crippen LogP contribution is -2.50. The van der Waals surface area contributed by atoms with E-state index in [1.54, 1.807) is 11.3 Å². The molecule has 0 aliphatic carbocycles. The second-order valence-electron chi connectivity index (χ2n) is 6.66. The van der Waals surface area contributed by atoms with Crippen molar-refractivity contribution < 1.29 is 4.79 Å². The van der Waals surface area contributed by atoms with Crippen molar-refractivity contribution in [3.63, 3.8) is 0 Å². The number of hydrogen-bond acceptors (Lipinski definition) is 5. The number of nitrogens with one attached hydrogen (secondary N) is 1. The summed E-state index contributed by atoms with van der Waals surface area (Å²) in [5.74, 6) is 0.770. The number of anilines is 1. The lowest BCUT2D eigenvalue weighted by Gasteiger charge is -2.37. The number of amides is 1. The molecule has 4 rings (SSSR count). The van der Waals surface area contributed by atoms with E-state index in [1.807, 2.05) is 58.2 Å². The van der Waals surface area contributed by atoms with E-state index < -0.39 is 6.04 Å². The molecule has 0 bridgehead atoms. The van der Waals surface area contributed by atoms with Crippen LogP contribution in [0.4, 0.5) is 5.69 Å². The summed E-state index contributed by atoms with van der Waals surface area (Å²) in [4.78, 5) is 18.3. The van der Waals surface area contributed by atoms with Crippen LogP contribution in [0.25, 0.3) is 10.7 Å². The van der Waals surface area contributed by atoms with E-state index in [1.165, 1.54) is 0 Å². The summed E-state index contributed by atoms with van der Waals surface area (Å²) in [6.07, 6.45) is 0. The van der Waals surface area contributed by atoms with Gasteiger partial charge in [-0.15, -0.1) is 11.3 Å². The maximum absolute atomic E-state index is 13.1. The molecule has 0 saturated carbocycles. The molecule has 1 unspecified atom stereocenters. The number of H-pyrrole nitrogens is 1. The maximum atomic E-state index is 13.1. The first-order valence-corrected chi connectivity index (χ1v) is 10.7. The highest BCUT2D eigenvalue weighted by molar-refractivity contribution is 7.71. The van der Waals surface area contributed by atoms with Gasteiger partial charge >= 0.3 is 0 Å². The minimum atomic E-state index is -0.412. The van der Waals surface area contributed by atoms with E-state index in [9.17, 15) is 4.79 Å². The van der Waals surface area contributed by atoms with Crippen LogP contribution < -0.4 is 4.90 Å². The Bertz CT molecular complexity index is 1000. The van der Waals surface area contributed by atoms with Gasteiger partial charge in [0.15, 0.2) is 10.6 Å². The van der Waals surface area contributed by atoms with Crippen molar-refractivity contribution in [2.45, 2.75) is 13.0 Å². The van der Waals surface area contributed by atoms with Gasteiger partial charge < -0.3 is 9.80 Å². The van der Waals surface area contributed by atoms with Gasteiger partial charge in [-0.2, -0.15) is 5.10 Å². The number of aromatic amines is 1. The second kappa shape index (κ2) is 8.06. The molecule has 3 aromatic rings. The summed E-state index contributed by atoms with van der Waals surface area (Å²) >= 11 is 12.9. The highest BCUT2D eigenvalue weighted by atomic mass is 35.5. The van der Waals surface area contributed by atoms with E-state index >= 15 is 0 Å². The van der Waals surface area contributed by atoms with Crippen LogP contribution in [0.2, 0.25) is 5.02 Å². The van der Waals surface area contributed by atoms with Crippen LogP contribution in [0.1, 0.15) is 13.0 Å². The topological polar surface area (TPSA) is 57.2 Å². The van der Waals surface area contributed by atoms with Crippen molar-refractivity contribution in [2.75, 3.05) is 31.1 Å². The SMILES string of the molecule is CC(C(=O)N1CCN(c2ccc(Cl)cc2)CC1)n1c(-c2cccs2)n[nH]c1=S. The van der Waals surface area contributed by atoms with Crippen molar-refractivity contribution in [1.82, 2.24) is 19.7 Å². The number of hydrogen-bond donors (Lipinski definition) is 1. The molecule has 6 nitrogen and oxygen atoms in total. The minimum Gasteiger partial charge on any atom is -0.368 e. The fourth-order valence-electron chi connectivity index (χ4n) is 3.46. The maximum Gasteiger partial charge on any atom is 0.245 e. The molecule has 1 aromatic carbocycles.